The molecule has 0 saturated heterocycles. The topological polar surface area (TPSA) is 77.4 Å². The first-order valence-corrected chi connectivity index (χ1v) is 8.49. The third-order valence-corrected chi connectivity index (χ3v) is 4.02. The van der Waals surface area contributed by atoms with Gasteiger partial charge in [0.1, 0.15) is 24.4 Å². The molecule has 1 heterocycles. The van der Waals surface area contributed by atoms with Gasteiger partial charge in [-0.1, -0.05) is 30.3 Å². The zero-order valence-corrected chi connectivity index (χ0v) is 14.8. The Labute approximate surface area is 160 Å². The first-order chi connectivity index (χ1) is 13.6. The number of aromatic nitrogens is 1. The minimum Gasteiger partial charge on any atom is -0.444 e. The molecule has 3 rings (SSSR count). The maximum Gasteiger partial charge on any atom is 0.412 e. The van der Waals surface area contributed by atoms with Gasteiger partial charge >= 0.3 is 6.09 Å². The number of pyridine rings is 1. The maximum atomic E-state index is 13.1. The molecule has 0 aliphatic heterocycles. The minimum atomic E-state index is -0.784. The van der Waals surface area contributed by atoms with Gasteiger partial charge in [0, 0.05) is 0 Å². The van der Waals surface area contributed by atoms with Crippen molar-refractivity contribution in [3.63, 3.8) is 0 Å². The molecule has 0 aliphatic rings. The number of benzene rings is 2. The van der Waals surface area contributed by atoms with Crippen molar-refractivity contribution in [3.05, 3.63) is 88.5 Å². The van der Waals surface area contributed by atoms with Crippen molar-refractivity contribution in [3.8, 4) is 11.3 Å². The van der Waals surface area contributed by atoms with E-state index >= 15 is 0 Å². The lowest BCUT2D eigenvalue weighted by atomic mass is 10.1. The highest BCUT2D eigenvalue weighted by Gasteiger charge is 2.13. The molecule has 142 valence electrons. The molecular weight excluding hydrogens is 363 g/mol. The van der Waals surface area contributed by atoms with E-state index in [1.54, 1.807) is 6.07 Å². The Morgan fingerprint density at radius 2 is 1.75 bits per heavy atom. The van der Waals surface area contributed by atoms with Crippen LogP contribution in [-0.2, 0) is 22.7 Å². The molecule has 0 atom stereocenters. The van der Waals surface area contributed by atoms with Crippen LogP contribution in [0.5, 0.6) is 0 Å². The van der Waals surface area contributed by atoms with Crippen LogP contribution >= 0.6 is 0 Å². The maximum absolute atomic E-state index is 13.1. The Balaban J connectivity index is 1.81. The normalized spacial score (nSPS) is 10.3. The van der Waals surface area contributed by atoms with E-state index in [-0.39, 0.29) is 18.8 Å². The number of nitrogens with zero attached hydrogens (tertiary/aromatic N) is 1. The lowest BCUT2D eigenvalue weighted by Crippen LogP contribution is -2.27. The lowest BCUT2D eigenvalue weighted by Gasteiger charge is -2.13. The summed E-state index contributed by atoms with van der Waals surface area (Å²) >= 11 is 0. The van der Waals surface area contributed by atoms with Gasteiger partial charge in [0.25, 0.3) is 5.56 Å². The molecule has 0 fully saturated rings. The highest BCUT2D eigenvalue weighted by Crippen LogP contribution is 2.20. The van der Waals surface area contributed by atoms with E-state index in [0.717, 1.165) is 5.56 Å². The predicted molar refractivity (Wildman–Crippen MR) is 102 cm³/mol. The number of amides is 1. The number of ether oxygens (including phenoxy) is 1. The Hall–Kier alpha value is -3.74. The fourth-order valence-corrected chi connectivity index (χ4v) is 2.67. The van der Waals surface area contributed by atoms with Crippen LogP contribution in [0.15, 0.2) is 71.5 Å². The lowest BCUT2D eigenvalue weighted by molar-refractivity contribution is -0.108. The molecule has 28 heavy (non-hydrogen) atoms. The van der Waals surface area contributed by atoms with E-state index in [9.17, 15) is 18.8 Å². The van der Waals surface area contributed by atoms with E-state index in [4.69, 9.17) is 4.74 Å². The number of aldehydes is 1. The van der Waals surface area contributed by atoms with Crippen molar-refractivity contribution in [2.24, 2.45) is 0 Å². The zero-order chi connectivity index (χ0) is 19.9. The minimum absolute atomic E-state index is 0.0224. The van der Waals surface area contributed by atoms with Gasteiger partial charge in [0.2, 0.25) is 0 Å². The summed E-state index contributed by atoms with van der Waals surface area (Å²) in [5, 5.41) is 2.40. The Morgan fingerprint density at radius 1 is 1.04 bits per heavy atom. The van der Waals surface area contributed by atoms with Crippen LogP contribution in [0.4, 0.5) is 14.9 Å². The van der Waals surface area contributed by atoms with Gasteiger partial charge < -0.3 is 9.53 Å². The summed E-state index contributed by atoms with van der Waals surface area (Å²) < 4.78 is 19.5. The zero-order valence-electron chi connectivity index (χ0n) is 14.8. The smallest absolute Gasteiger partial charge is 0.412 e. The summed E-state index contributed by atoms with van der Waals surface area (Å²) in [5.74, 6) is -0.410. The van der Waals surface area contributed by atoms with Gasteiger partial charge in [0.15, 0.2) is 0 Å². The average Bonchev–Trinajstić information content (AvgIpc) is 2.71. The molecular formula is C21H17FN2O4. The van der Waals surface area contributed by atoms with Crippen LogP contribution in [-0.4, -0.2) is 16.9 Å². The van der Waals surface area contributed by atoms with Gasteiger partial charge in [-0.15, -0.1) is 0 Å². The largest absolute Gasteiger partial charge is 0.444 e. The highest BCUT2D eigenvalue weighted by atomic mass is 19.1. The third kappa shape index (κ3) is 4.50. The number of carbonyl (C=O) groups is 2. The number of rotatable bonds is 6. The van der Waals surface area contributed by atoms with E-state index in [1.807, 2.05) is 30.3 Å². The van der Waals surface area contributed by atoms with E-state index in [1.165, 1.54) is 34.9 Å². The van der Waals surface area contributed by atoms with E-state index in [0.29, 0.717) is 17.5 Å². The summed E-state index contributed by atoms with van der Waals surface area (Å²) in [5.41, 5.74) is 1.22. The van der Waals surface area contributed by atoms with Crippen molar-refractivity contribution in [1.82, 2.24) is 4.57 Å². The molecule has 0 spiro atoms. The summed E-state index contributed by atoms with van der Waals surface area (Å²) in [6.45, 7) is -0.150. The van der Waals surface area contributed by atoms with E-state index < -0.39 is 17.5 Å². The molecule has 1 N–H and O–H groups in total. The second-order valence-electron chi connectivity index (χ2n) is 5.91. The SMILES string of the molecule is O=CCn1c(-c2ccc(F)cc2)ccc(NC(=O)OCc2ccccc2)c1=O. The van der Waals surface area contributed by atoms with Gasteiger partial charge in [-0.3, -0.25) is 14.7 Å². The summed E-state index contributed by atoms with van der Waals surface area (Å²) in [4.78, 5) is 35.7. The van der Waals surface area contributed by atoms with Crippen LogP contribution in [0.1, 0.15) is 5.56 Å². The Bertz CT molecular complexity index is 1030. The van der Waals surface area contributed by atoms with Crippen LogP contribution in [0, 0.1) is 5.82 Å². The Morgan fingerprint density at radius 3 is 2.43 bits per heavy atom. The first-order valence-electron chi connectivity index (χ1n) is 8.49. The number of hydrogen-bond acceptors (Lipinski definition) is 4. The number of nitrogens with one attached hydrogen (secondary N) is 1. The number of carbonyl (C=O) groups excluding carboxylic acids is 2. The van der Waals surface area contributed by atoms with Gasteiger partial charge in [-0.25, -0.2) is 9.18 Å². The van der Waals surface area contributed by atoms with Crippen molar-refractivity contribution >= 4 is 18.1 Å². The number of anilines is 1. The molecule has 1 aromatic heterocycles. The predicted octanol–water partition coefficient (Wildman–Crippen LogP) is 3.60. The standard InChI is InChI=1S/C21H17FN2O4/c22-17-8-6-16(7-9-17)19-11-10-18(20(26)24(19)12-13-25)23-21(27)28-14-15-4-2-1-3-5-15/h1-11,13H,12,14H2,(H,23,27). The third-order valence-electron chi connectivity index (χ3n) is 4.02. The van der Waals surface area contributed by atoms with Crippen LogP contribution < -0.4 is 10.9 Å². The fourth-order valence-electron chi connectivity index (χ4n) is 2.67. The summed E-state index contributed by atoms with van der Waals surface area (Å²) in [6, 6.07) is 17.6. The second kappa shape index (κ2) is 8.77. The van der Waals surface area contributed by atoms with Gasteiger partial charge in [0.05, 0.1) is 12.2 Å². The molecule has 7 heteroatoms. The molecule has 3 aromatic rings. The molecule has 0 radical (unpaired) electrons. The first kappa shape index (κ1) is 19.0. The molecule has 0 saturated carbocycles. The van der Waals surface area contributed by atoms with Crippen molar-refractivity contribution < 1.29 is 18.7 Å². The fraction of sp³-hybridized carbons (Fsp3) is 0.0952. The van der Waals surface area contributed by atoms with Gasteiger partial charge in [-0.2, -0.15) is 0 Å². The van der Waals surface area contributed by atoms with Crippen molar-refractivity contribution in [1.29, 1.82) is 0 Å². The Kier molecular flexibility index (Phi) is 5.96. The molecule has 1 amide bonds. The molecule has 6 nitrogen and oxygen atoms in total. The average molecular weight is 380 g/mol. The second-order valence-corrected chi connectivity index (χ2v) is 5.91. The molecule has 2 aromatic carbocycles. The quantitative estimate of drug-likeness (QED) is 0.663. The molecule has 0 bridgehead atoms. The molecule has 0 unspecified atom stereocenters. The number of halogens is 1. The van der Waals surface area contributed by atoms with Crippen LogP contribution in [0.25, 0.3) is 11.3 Å². The highest BCUT2D eigenvalue weighted by molar-refractivity contribution is 5.84. The summed E-state index contributed by atoms with van der Waals surface area (Å²) in [7, 11) is 0. The van der Waals surface area contributed by atoms with Crippen molar-refractivity contribution in [2.75, 3.05) is 5.32 Å². The van der Waals surface area contributed by atoms with Crippen LogP contribution in [0.2, 0.25) is 0 Å². The van der Waals surface area contributed by atoms with Crippen LogP contribution in [0.3, 0.4) is 0 Å². The molecule has 0 aliphatic carbocycles. The number of hydrogen-bond donors (Lipinski definition) is 1. The summed E-state index contributed by atoms with van der Waals surface area (Å²) in [6.07, 6.45) is -0.209. The van der Waals surface area contributed by atoms with E-state index in [2.05, 4.69) is 5.32 Å². The van der Waals surface area contributed by atoms with Crippen molar-refractivity contribution in [2.45, 2.75) is 13.2 Å². The monoisotopic (exact) mass is 380 g/mol. The van der Waals surface area contributed by atoms with Gasteiger partial charge in [-0.05, 0) is 47.5 Å².